The summed E-state index contributed by atoms with van der Waals surface area (Å²) < 4.78 is 5.36. The second-order valence-electron chi connectivity index (χ2n) is 4.60. The Labute approximate surface area is 109 Å². The predicted octanol–water partition coefficient (Wildman–Crippen LogP) is 1.79. The van der Waals surface area contributed by atoms with Crippen molar-refractivity contribution in [3.63, 3.8) is 0 Å². The minimum Gasteiger partial charge on any atom is -0.496 e. The van der Waals surface area contributed by atoms with Crippen LogP contribution in [0.15, 0.2) is 24.3 Å². The van der Waals surface area contributed by atoms with Crippen LogP contribution in [0.25, 0.3) is 0 Å². The smallest absolute Gasteiger partial charge is 0.219 e. The van der Waals surface area contributed by atoms with Crippen molar-refractivity contribution in [1.29, 1.82) is 0 Å². The highest BCUT2D eigenvalue weighted by atomic mass is 16.5. The van der Waals surface area contributed by atoms with Crippen LogP contribution >= 0.6 is 0 Å². The molecule has 100 valence electrons. The zero-order valence-electron chi connectivity index (χ0n) is 11.3. The molecular weight excluding hydrogens is 228 g/mol. The van der Waals surface area contributed by atoms with Crippen LogP contribution in [-0.4, -0.2) is 19.6 Å². The topological polar surface area (TPSA) is 64.3 Å². The number of benzene rings is 1. The summed E-state index contributed by atoms with van der Waals surface area (Å²) in [5.41, 5.74) is 5.83. The van der Waals surface area contributed by atoms with Crippen molar-refractivity contribution in [2.24, 2.45) is 5.73 Å². The first kappa shape index (κ1) is 14.5. The summed E-state index contributed by atoms with van der Waals surface area (Å²) in [4.78, 5) is 11.3. The van der Waals surface area contributed by atoms with Gasteiger partial charge < -0.3 is 15.8 Å². The first-order valence-corrected chi connectivity index (χ1v) is 6.20. The van der Waals surface area contributed by atoms with Crippen molar-refractivity contribution in [3.8, 4) is 5.75 Å². The fraction of sp³-hybridized carbons (Fsp3) is 0.500. The van der Waals surface area contributed by atoms with Crippen LogP contribution in [0.4, 0.5) is 0 Å². The number of ether oxygens (including phenoxy) is 1. The van der Waals surface area contributed by atoms with E-state index in [4.69, 9.17) is 10.5 Å². The second kappa shape index (κ2) is 6.40. The van der Waals surface area contributed by atoms with Gasteiger partial charge in [-0.25, -0.2) is 0 Å². The standard InChI is InChI=1S/C14H22N2O2/c1-4-9-16-14(2,10-13(15)17)11-7-5-6-8-12(11)18-3/h5-8,16H,4,9-10H2,1-3H3,(H2,15,17). The Hall–Kier alpha value is -1.55. The van der Waals surface area contributed by atoms with Gasteiger partial charge in [0.05, 0.1) is 12.6 Å². The largest absolute Gasteiger partial charge is 0.496 e. The van der Waals surface area contributed by atoms with Gasteiger partial charge in [0.15, 0.2) is 0 Å². The lowest BCUT2D eigenvalue weighted by Crippen LogP contribution is -2.43. The van der Waals surface area contributed by atoms with E-state index >= 15 is 0 Å². The third-order valence-corrected chi connectivity index (χ3v) is 2.99. The number of methoxy groups -OCH3 is 1. The first-order chi connectivity index (χ1) is 8.53. The normalized spacial score (nSPS) is 13.9. The molecule has 1 unspecified atom stereocenters. The lowest BCUT2D eigenvalue weighted by molar-refractivity contribution is -0.119. The number of amides is 1. The molecule has 1 aromatic rings. The molecule has 0 saturated heterocycles. The van der Waals surface area contributed by atoms with Crippen molar-refractivity contribution in [2.45, 2.75) is 32.2 Å². The number of nitrogens with two attached hydrogens (primary N) is 1. The van der Waals surface area contributed by atoms with Crippen LogP contribution in [0.3, 0.4) is 0 Å². The van der Waals surface area contributed by atoms with E-state index in [2.05, 4.69) is 12.2 Å². The molecule has 0 fully saturated rings. The van der Waals surface area contributed by atoms with Gasteiger partial charge in [-0.3, -0.25) is 4.79 Å². The summed E-state index contributed by atoms with van der Waals surface area (Å²) in [6.07, 6.45) is 1.23. The average molecular weight is 250 g/mol. The molecule has 1 aromatic carbocycles. The average Bonchev–Trinajstić information content (AvgIpc) is 2.35. The maximum absolute atomic E-state index is 11.3. The van der Waals surface area contributed by atoms with Crippen molar-refractivity contribution in [2.75, 3.05) is 13.7 Å². The molecule has 0 heterocycles. The van der Waals surface area contributed by atoms with Gasteiger partial charge in [0, 0.05) is 12.0 Å². The molecule has 0 aliphatic carbocycles. The molecule has 3 N–H and O–H groups in total. The van der Waals surface area contributed by atoms with Gasteiger partial charge in [-0.2, -0.15) is 0 Å². The molecule has 0 radical (unpaired) electrons. The van der Waals surface area contributed by atoms with Crippen molar-refractivity contribution in [1.82, 2.24) is 5.32 Å². The molecule has 0 aromatic heterocycles. The summed E-state index contributed by atoms with van der Waals surface area (Å²) in [6.45, 7) is 4.88. The first-order valence-electron chi connectivity index (χ1n) is 6.20. The Morgan fingerprint density at radius 1 is 1.44 bits per heavy atom. The predicted molar refractivity (Wildman–Crippen MR) is 72.5 cm³/mol. The number of rotatable bonds is 7. The molecule has 18 heavy (non-hydrogen) atoms. The number of hydrogen-bond acceptors (Lipinski definition) is 3. The molecule has 0 bridgehead atoms. The van der Waals surface area contributed by atoms with Crippen LogP contribution in [-0.2, 0) is 10.3 Å². The molecule has 4 heteroatoms. The molecule has 1 amide bonds. The van der Waals surface area contributed by atoms with E-state index in [0.29, 0.717) is 0 Å². The number of nitrogens with one attached hydrogen (secondary N) is 1. The highest BCUT2D eigenvalue weighted by Gasteiger charge is 2.30. The maximum Gasteiger partial charge on any atom is 0.219 e. The van der Waals surface area contributed by atoms with Crippen LogP contribution in [0.1, 0.15) is 32.3 Å². The SMILES string of the molecule is CCCNC(C)(CC(N)=O)c1ccccc1OC. The lowest BCUT2D eigenvalue weighted by atomic mass is 9.87. The number of para-hydroxylation sites is 1. The van der Waals surface area contributed by atoms with E-state index in [1.54, 1.807) is 7.11 Å². The summed E-state index contributed by atoms with van der Waals surface area (Å²) in [5, 5.41) is 3.39. The highest BCUT2D eigenvalue weighted by Crippen LogP contribution is 2.32. The number of carbonyl (C=O) groups is 1. The Morgan fingerprint density at radius 2 is 2.11 bits per heavy atom. The van der Waals surface area contributed by atoms with E-state index in [1.165, 1.54) is 0 Å². The Balaban J connectivity index is 3.11. The van der Waals surface area contributed by atoms with E-state index < -0.39 is 5.54 Å². The van der Waals surface area contributed by atoms with Gasteiger partial charge in [-0.15, -0.1) is 0 Å². The summed E-state index contributed by atoms with van der Waals surface area (Å²) in [7, 11) is 1.63. The molecule has 0 aliphatic heterocycles. The highest BCUT2D eigenvalue weighted by molar-refractivity contribution is 5.75. The second-order valence-corrected chi connectivity index (χ2v) is 4.60. The number of primary amides is 1. The van der Waals surface area contributed by atoms with Gasteiger partial charge in [-0.05, 0) is 26.0 Å². The quantitative estimate of drug-likeness (QED) is 0.775. The lowest BCUT2D eigenvalue weighted by Gasteiger charge is -2.31. The van der Waals surface area contributed by atoms with Gasteiger partial charge in [0.1, 0.15) is 5.75 Å². The van der Waals surface area contributed by atoms with E-state index in [1.807, 2.05) is 31.2 Å². The van der Waals surface area contributed by atoms with Gasteiger partial charge >= 0.3 is 0 Å². The van der Waals surface area contributed by atoms with Gasteiger partial charge in [0.25, 0.3) is 0 Å². The van der Waals surface area contributed by atoms with E-state index in [9.17, 15) is 4.79 Å². The molecule has 1 atom stereocenters. The molecule has 0 spiro atoms. The molecule has 4 nitrogen and oxygen atoms in total. The molecule has 1 rings (SSSR count). The van der Waals surface area contributed by atoms with Crippen LogP contribution in [0.2, 0.25) is 0 Å². The van der Waals surface area contributed by atoms with Crippen molar-refractivity contribution < 1.29 is 9.53 Å². The van der Waals surface area contributed by atoms with Crippen LogP contribution in [0.5, 0.6) is 5.75 Å². The minimum absolute atomic E-state index is 0.243. The molecule has 0 saturated carbocycles. The van der Waals surface area contributed by atoms with E-state index in [-0.39, 0.29) is 12.3 Å². The van der Waals surface area contributed by atoms with Gasteiger partial charge in [-0.1, -0.05) is 25.1 Å². The fourth-order valence-corrected chi connectivity index (χ4v) is 2.10. The molecule has 0 aliphatic rings. The Bertz CT molecular complexity index is 407. The number of carbonyl (C=O) groups excluding carboxylic acids is 1. The summed E-state index contributed by atoms with van der Waals surface area (Å²) >= 11 is 0. The summed E-state index contributed by atoms with van der Waals surface area (Å²) in [5.74, 6) is 0.442. The van der Waals surface area contributed by atoms with Gasteiger partial charge in [0.2, 0.25) is 5.91 Å². The van der Waals surface area contributed by atoms with Crippen molar-refractivity contribution >= 4 is 5.91 Å². The fourth-order valence-electron chi connectivity index (χ4n) is 2.10. The van der Waals surface area contributed by atoms with Crippen molar-refractivity contribution in [3.05, 3.63) is 29.8 Å². The zero-order valence-corrected chi connectivity index (χ0v) is 11.3. The molecular formula is C14H22N2O2. The van der Waals surface area contributed by atoms with E-state index in [0.717, 1.165) is 24.3 Å². The van der Waals surface area contributed by atoms with Crippen LogP contribution < -0.4 is 15.8 Å². The Morgan fingerprint density at radius 3 is 2.67 bits per heavy atom. The minimum atomic E-state index is -0.492. The van der Waals surface area contributed by atoms with Crippen LogP contribution in [0, 0.1) is 0 Å². The monoisotopic (exact) mass is 250 g/mol. The summed E-state index contributed by atoms with van der Waals surface area (Å²) in [6, 6.07) is 7.70. The Kier molecular flexibility index (Phi) is 5.16. The third kappa shape index (κ3) is 3.47. The maximum atomic E-state index is 11.3. The number of hydrogen-bond donors (Lipinski definition) is 2. The third-order valence-electron chi connectivity index (χ3n) is 2.99. The zero-order chi connectivity index (χ0) is 13.6.